The van der Waals surface area contributed by atoms with Gasteiger partial charge in [0, 0.05) is 38.0 Å². The normalized spacial score (nSPS) is 16.6. The van der Waals surface area contributed by atoms with Gasteiger partial charge in [0.15, 0.2) is 0 Å². The minimum atomic E-state index is -0.291. The Morgan fingerprint density at radius 3 is 1.95 bits per heavy atom. The summed E-state index contributed by atoms with van der Waals surface area (Å²) in [4.78, 5) is 18.2. The van der Waals surface area contributed by atoms with Crippen LogP contribution in [-0.4, -0.2) is 55.1 Å². The van der Waals surface area contributed by atoms with Crippen LogP contribution < -0.4 is 0 Å². The minimum Gasteiger partial charge on any atom is -0.447 e. The van der Waals surface area contributed by atoms with Crippen LogP contribution in [0.1, 0.15) is 129 Å². The molecule has 0 aliphatic carbocycles. The van der Waals surface area contributed by atoms with E-state index >= 15 is 0 Å². The smallest absolute Gasteiger partial charge is 0.410 e. The van der Waals surface area contributed by atoms with Gasteiger partial charge in [0.25, 0.3) is 0 Å². The summed E-state index contributed by atoms with van der Waals surface area (Å²) in [6, 6.07) is 3.83. The summed E-state index contributed by atoms with van der Waals surface area (Å²) >= 11 is 0. The molecule has 2 heterocycles. The number of ether oxygens (including phenoxy) is 3. The first-order valence-electron chi connectivity index (χ1n) is 16.2. The van der Waals surface area contributed by atoms with Crippen molar-refractivity contribution in [3.05, 3.63) is 30.1 Å². The highest BCUT2D eigenvalue weighted by molar-refractivity contribution is 14.0. The molecule has 1 aromatic rings. The third-order valence-electron chi connectivity index (χ3n) is 7.82. The highest BCUT2D eigenvalue weighted by Gasteiger charge is 2.27. The highest BCUT2D eigenvalue weighted by Crippen LogP contribution is 2.21. The van der Waals surface area contributed by atoms with Crippen LogP contribution in [0.5, 0.6) is 0 Å². The van der Waals surface area contributed by atoms with E-state index in [9.17, 15) is 4.79 Å². The zero-order chi connectivity index (χ0) is 27.8. The van der Waals surface area contributed by atoms with E-state index in [1.54, 1.807) is 17.3 Å². The molecule has 2 atom stereocenters. The minimum absolute atomic E-state index is 0. The molecule has 1 fully saturated rings. The number of hydrogen-bond acceptors (Lipinski definition) is 5. The van der Waals surface area contributed by atoms with Crippen LogP contribution >= 0.6 is 24.0 Å². The fourth-order valence-corrected chi connectivity index (χ4v) is 5.28. The number of carbonyl (C=O) groups is 1. The van der Waals surface area contributed by atoms with Gasteiger partial charge in [-0.3, -0.25) is 4.98 Å². The second-order valence-corrected chi connectivity index (χ2v) is 11.4. The molecule has 1 aromatic heterocycles. The van der Waals surface area contributed by atoms with E-state index in [-0.39, 0.29) is 36.2 Å². The number of carbonyl (C=O) groups excluding carboxylic acids is 1. The predicted molar refractivity (Wildman–Crippen MR) is 175 cm³/mol. The molecule has 0 spiro atoms. The van der Waals surface area contributed by atoms with E-state index in [0.29, 0.717) is 32.2 Å². The van der Waals surface area contributed by atoms with Crippen LogP contribution in [0.3, 0.4) is 0 Å². The third-order valence-corrected chi connectivity index (χ3v) is 7.82. The topological polar surface area (TPSA) is 60.9 Å². The summed E-state index contributed by atoms with van der Waals surface area (Å²) in [7, 11) is 0. The Morgan fingerprint density at radius 2 is 1.40 bits per heavy atom. The van der Waals surface area contributed by atoms with E-state index in [1.165, 1.54) is 96.3 Å². The highest BCUT2D eigenvalue weighted by atomic mass is 127. The summed E-state index contributed by atoms with van der Waals surface area (Å²) in [5, 5.41) is 0. The van der Waals surface area contributed by atoms with Gasteiger partial charge in [0.2, 0.25) is 0 Å². The van der Waals surface area contributed by atoms with Crippen molar-refractivity contribution in [1.29, 1.82) is 0 Å². The molecule has 0 N–H and O–H groups in total. The van der Waals surface area contributed by atoms with Crippen LogP contribution in [0.4, 0.5) is 4.79 Å². The van der Waals surface area contributed by atoms with Crippen LogP contribution in [0, 0.1) is 5.92 Å². The molecular formula is C33H59IN2O4. The van der Waals surface area contributed by atoms with Crippen molar-refractivity contribution in [2.75, 3.05) is 33.0 Å². The predicted octanol–water partition coefficient (Wildman–Crippen LogP) is 9.34. The second kappa shape index (κ2) is 25.8. The molecule has 1 aliphatic rings. The van der Waals surface area contributed by atoms with Crippen LogP contribution in [0.25, 0.3) is 0 Å². The lowest BCUT2D eigenvalue weighted by molar-refractivity contribution is 0.0269. The quantitative estimate of drug-likeness (QED) is 0.0808. The molecule has 0 unspecified atom stereocenters. The monoisotopic (exact) mass is 674 g/mol. The molecule has 1 aliphatic heterocycles. The van der Waals surface area contributed by atoms with Gasteiger partial charge in [-0.15, -0.1) is 24.0 Å². The van der Waals surface area contributed by atoms with Gasteiger partial charge in [-0.2, -0.15) is 0 Å². The molecule has 0 radical (unpaired) electrons. The Kier molecular flexibility index (Phi) is 23.9. The molecule has 1 amide bonds. The first-order valence-corrected chi connectivity index (χ1v) is 16.2. The van der Waals surface area contributed by atoms with E-state index < -0.39 is 0 Å². The van der Waals surface area contributed by atoms with Crippen molar-refractivity contribution in [2.45, 2.75) is 136 Å². The molecular weight excluding hydrogens is 615 g/mol. The van der Waals surface area contributed by atoms with Gasteiger partial charge in [0.05, 0.1) is 19.3 Å². The number of hydrogen-bond donors (Lipinski definition) is 0. The molecule has 7 heteroatoms. The van der Waals surface area contributed by atoms with E-state index in [2.05, 4.69) is 11.9 Å². The van der Waals surface area contributed by atoms with E-state index in [1.807, 2.05) is 19.1 Å². The number of unbranched alkanes of at least 4 members (excludes halogenated alkanes) is 15. The molecule has 232 valence electrons. The fourth-order valence-electron chi connectivity index (χ4n) is 5.28. The van der Waals surface area contributed by atoms with Gasteiger partial charge < -0.3 is 19.1 Å². The Bertz CT molecular complexity index is 709. The molecule has 1 saturated heterocycles. The summed E-state index contributed by atoms with van der Waals surface area (Å²) < 4.78 is 17.3. The Morgan fingerprint density at radius 1 is 0.850 bits per heavy atom. The Hall–Kier alpha value is -0.930. The molecule has 2 rings (SSSR count). The lowest BCUT2D eigenvalue weighted by Crippen LogP contribution is -2.33. The average Bonchev–Trinajstić information content (AvgIpc) is 3.42. The van der Waals surface area contributed by atoms with Crippen molar-refractivity contribution < 1.29 is 19.0 Å². The van der Waals surface area contributed by atoms with Crippen molar-refractivity contribution in [3.63, 3.8) is 0 Å². The maximum atomic E-state index is 12.5. The van der Waals surface area contributed by atoms with E-state index in [4.69, 9.17) is 14.2 Å². The largest absolute Gasteiger partial charge is 0.447 e. The third kappa shape index (κ3) is 18.5. The summed E-state index contributed by atoms with van der Waals surface area (Å²) in [5.41, 5.74) is 1.04. The van der Waals surface area contributed by atoms with Gasteiger partial charge in [-0.1, -0.05) is 103 Å². The number of aromatic nitrogens is 1. The van der Waals surface area contributed by atoms with Gasteiger partial charge in [0.1, 0.15) is 6.61 Å². The fraction of sp³-hybridized carbons (Fsp3) is 0.818. The summed E-state index contributed by atoms with van der Waals surface area (Å²) in [5.74, 6) is 0.397. The van der Waals surface area contributed by atoms with Crippen molar-refractivity contribution >= 4 is 30.1 Å². The van der Waals surface area contributed by atoms with Crippen molar-refractivity contribution in [3.8, 4) is 0 Å². The number of rotatable bonds is 24. The first-order chi connectivity index (χ1) is 19.2. The molecule has 40 heavy (non-hydrogen) atoms. The van der Waals surface area contributed by atoms with Gasteiger partial charge in [-0.05, 0) is 37.5 Å². The zero-order valence-electron chi connectivity index (χ0n) is 25.7. The lowest BCUT2D eigenvalue weighted by atomic mass is 10.0. The number of pyridine rings is 1. The van der Waals surface area contributed by atoms with Crippen LogP contribution in [-0.2, 0) is 20.8 Å². The molecule has 6 nitrogen and oxygen atoms in total. The summed E-state index contributed by atoms with van der Waals surface area (Å²) in [6.45, 7) is 7.96. The standard InChI is InChI=1S/C33H58N2O4.HI/c1-3-5-6-7-8-9-10-11-12-13-14-15-16-17-18-19-24-37-27-31-25-32(38-28-31)29-39-33(36)35(4-2)26-30-20-22-34-23-21-30;/h20-23,31-32H,3-19,24-29H2,1-2H3;1H/t31-,32-;/m0./s1. The van der Waals surface area contributed by atoms with Gasteiger partial charge >= 0.3 is 6.09 Å². The van der Waals surface area contributed by atoms with Gasteiger partial charge in [-0.25, -0.2) is 4.79 Å². The first kappa shape index (κ1) is 37.1. The summed E-state index contributed by atoms with van der Waals surface area (Å²) in [6.07, 6.45) is 26.2. The average molecular weight is 675 g/mol. The number of nitrogens with zero attached hydrogens (tertiary/aromatic N) is 2. The lowest BCUT2D eigenvalue weighted by Gasteiger charge is -2.21. The maximum absolute atomic E-state index is 12.5. The molecule has 0 saturated carbocycles. The van der Waals surface area contributed by atoms with Crippen molar-refractivity contribution in [2.24, 2.45) is 5.92 Å². The Balaban J connectivity index is 0.00000800. The number of halogens is 1. The van der Waals surface area contributed by atoms with E-state index in [0.717, 1.165) is 31.6 Å². The second-order valence-electron chi connectivity index (χ2n) is 11.4. The number of amides is 1. The molecule has 0 bridgehead atoms. The SMILES string of the molecule is CCCCCCCCCCCCCCCCCCOC[C@H]1CO[C@H](COC(=O)N(CC)Cc2ccncc2)C1.I. The van der Waals surface area contributed by atoms with Crippen LogP contribution in [0.15, 0.2) is 24.5 Å². The van der Waals surface area contributed by atoms with Crippen LogP contribution in [0.2, 0.25) is 0 Å². The molecule has 0 aromatic carbocycles. The Labute approximate surface area is 262 Å². The van der Waals surface area contributed by atoms with Crippen molar-refractivity contribution in [1.82, 2.24) is 9.88 Å². The maximum Gasteiger partial charge on any atom is 0.410 e. The zero-order valence-corrected chi connectivity index (χ0v) is 28.0.